The van der Waals surface area contributed by atoms with E-state index in [1.807, 2.05) is 0 Å². The average Bonchev–Trinajstić information content (AvgIpc) is 2.98. The molecule has 0 amide bonds. The van der Waals surface area contributed by atoms with Gasteiger partial charge in [0.15, 0.2) is 6.29 Å². The first-order valence-electron chi connectivity index (χ1n) is 8.42. The van der Waals surface area contributed by atoms with Crippen LogP contribution in [0.5, 0.6) is 0 Å². The monoisotopic (exact) mass is 336 g/mol. The number of hydrogen-bond donors (Lipinski definition) is 3. The fourth-order valence-electron chi connectivity index (χ4n) is 3.54. The number of hydrogen-bond acceptors (Lipinski definition) is 4. The highest BCUT2D eigenvalue weighted by molar-refractivity contribution is 6.22. The van der Waals surface area contributed by atoms with Crippen LogP contribution in [0, 0.1) is 0 Å². The van der Waals surface area contributed by atoms with Crippen LogP contribution in [0.3, 0.4) is 0 Å². The summed E-state index contributed by atoms with van der Waals surface area (Å²) in [5, 5.41) is 34.2. The van der Waals surface area contributed by atoms with E-state index in [1.54, 1.807) is 0 Å². The Morgan fingerprint density at radius 3 is 1.48 bits per heavy atom. The molecule has 5 rings (SSSR count). The van der Waals surface area contributed by atoms with Crippen LogP contribution in [0.25, 0.3) is 32.3 Å². The smallest absolute Gasteiger partial charge is 0.157 e. The quantitative estimate of drug-likeness (QED) is 0.467. The Kier molecular flexibility index (Phi) is 4.27. The molecule has 4 heteroatoms. The van der Waals surface area contributed by atoms with Gasteiger partial charge in [0, 0.05) is 6.42 Å². The van der Waals surface area contributed by atoms with Gasteiger partial charge in [-0.05, 0) is 32.3 Å². The van der Waals surface area contributed by atoms with Crippen molar-refractivity contribution < 1.29 is 20.1 Å². The second-order valence-electron chi connectivity index (χ2n) is 6.40. The number of benzene rings is 4. The summed E-state index contributed by atoms with van der Waals surface area (Å²) in [7, 11) is 0. The Morgan fingerprint density at radius 1 is 0.760 bits per heavy atom. The van der Waals surface area contributed by atoms with Crippen molar-refractivity contribution in [2.24, 2.45) is 0 Å². The minimum Gasteiger partial charge on any atom is -0.394 e. The summed E-state index contributed by atoms with van der Waals surface area (Å²) < 4.78 is 4.68. The molecule has 4 aromatic carbocycles. The molecule has 1 aliphatic heterocycles. The molecule has 3 atom stereocenters. The molecular formula is C21H20O4. The van der Waals surface area contributed by atoms with Gasteiger partial charge in [-0.2, -0.15) is 0 Å². The summed E-state index contributed by atoms with van der Waals surface area (Å²) >= 11 is 0. The van der Waals surface area contributed by atoms with E-state index in [-0.39, 0.29) is 13.0 Å². The van der Waals surface area contributed by atoms with Gasteiger partial charge in [-0.25, -0.2) is 0 Å². The zero-order valence-corrected chi connectivity index (χ0v) is 13.7. The predicted molar refractivity (Wildman–Crippen MR) is 98.7 cm³/mol. The first kappa shape index (κ1) is 16.2. The molecule has 0 radical (unpaired) electrons. The van der Waals surface area contributed by atoms with E-state index in [9.17, 15) is 0 Å². The molecule has 25 heavy (non-hydrogen) atoms. The third-order valence-corrected chi connectivity index (χ3v) is 4.78. The van der Waals surface area contributed by atoms with Crippen LogP contribution < -0.4 is 0 Å². The van der Waals surface area contributed by atoms with Gasteiger partial charge in [0.1, 0.15) is 6.10 Å². The largest absolute Gasteiger partial charge is 0.394 e. The zero-order chi connectivity index (χ0) is 17.4. The Labute approximate surface area is 145 Å². The topological polar surface area (TPSA) is 69.9 Å². The van der Waals surface area contributed by atoms with Crippen molar-refractivity contribution in [3.8, 4) is 0 Å². The van der Waals surface area contributed by atoms with Crippen molar-refractivity contribution in [2.45, 2.75) is 24.9 Å². The van der Waals surface area contributed by atoms with E-state index >= 15 is 0 Å². The molecule has 0 aliphatic carbocycles. The number of ether oxygens (including phenoxy) is 1. The van der Waals surface area contributed by atoms with E-state index in [1.165, 1.54) is 32.3 Å². The molecule has 128 valence electrons. The van der Waals surface area contributed by atoms with Crippen LogP contribution >= 0.6 is 0 Å². The summed E-state index contributed by atoms with van der Waals surface area (Å²) in [5.41, 5.74) is 0. The highest BCUT2D eigenvalue weighted by atomic mass is 16.6. The number of aliphatic hydroxyl groups is 3. The maximum absolute atomic E-state index is 8.91. The Morgan fingerprint density at radius 2 is 1.20 bits per heavy atom. The van der Waals surface area contributed by atoms with Gasteiger partial charge < -0.3 is 20.1 Å². The molecule has 4 aromatic rings. The third-order valence-electron chi connectivity index (χ3n) is 4.78. The summed E-state index contributed by atoms with van der Waals surface area (Å²) in [6.07, 6.45) is -2.02. The first-order chi connectivity index (χ1) is 12.2. The second kappa shape index (κ2) is 6.58. The molecule has 0 saturated carbocycles. The Bertz CT molecular complexity index is 867. The SMILES string of the molecule is OC[C@H]1OC(O)C[C@@H]1O.c1cc2ccc3cccc4ccc(c1)c2c34. The third kappa shape index (κ3) is 2.94. The normalized spacial score (nSPS) is 23.2. The van der Waals surface area contributed by atoms with E-state index in [0.717, 1.165) is 0 Å². The molecule has 0 spiro atoms. The van der Waals surface area contributed by atoms with Crippen LogP contribution in [-0.2, 0) is 4.74 Å². The lowest BCUT2D eigenvalue weighted by Crippen LogP contribution is -2.24. The van der Waals surface area contributed by atoms with Crippen LogP contribution in [0.15, 0.2) is 60.7 Å². The van der Waals surface area contributed by atoms with Gasteiger partial charge in [0.05, 0.1) is 12.7 Å². The summed E-state index contributed by atoms with van der Waals surface area (Å²) in [6, 6.07) is 21.9. The molecule has 0 aromatic heterocycles. The maximum atomic E-state index is 8.91. The first-order valence-corrected chi connectivity index (χ1v) is 8.42. The van der Waals surface area contributed by atoms with Crippen LogP contribution in [0.4, 0.5) is 0 Å². The van der Waals surface area contributed by atoms with E-state index < -0.39 is 18.5 Å². The minimum atomic E-state index is -0.905. The Hall–Kier alpha value is -2.24. The van der Waals surface area contributed by atoms with E-state index in [4.69, 9.17) is 15.3 Å². The lowest BCUT2D eigenvalue weighted by Gasteiger charge is -2.09. The van der Waals surface area contributed by atoms with Gasteiger partial charge in [-0.1, -0.05) is 60.7 Å². The van der Waals surface area contributed by atoms with Crippen molar-refractivity contribution in [3.05, 3.63) is 60.7 Å². The number of rotatable bonds is 1. The summed E-state index contributed by atoms with van der Waals surface area (Å²) in [5.74, 6) is 0. The summed E-state index contributed by atoms with van der Waals surface area (Å²) in [4.78, 5) is 0. The highest BCUT2D eigenvalue weighted by Crippen LogP contribution is 2.33. The van der Waals surface area contributed by atoms with Gasteiger partial charge in [0.2, 0.25) is 0 Å². The van der Waals surface area contributed by atoms with Crippen molar-refractivity contribution >= 4 is 32.3 Å². The molecule has 1 aliphatic rings. The molecule has 3 N–H and O–H groups in total. The molecule has 0 bridgehead atoms. The molecule has 1 heterocycles. The average molecular weight is 336 g/mol. The minimum absolute atomic E-state index is 0.200. The fraction of sp³-hybridized carbons (Fsp3) is 0.238. The van der Waals surface area contributed by atoms with Crippen molar-refractivity contribution in [3.63, 3.8) is 0 Å². The van der Waals surface area contributed by atoms with Crippen molar-refractivity contribution in [2.75, 3.05) is 6.61 Å². The van der Waals surface area contributed by atoms with Crippen LogP contribution in [0.1, 0.15) is 6.42 Å². The highest BCUT2D eigenvalue weighted by Gasteiger charge is 2.31. The lowest BCUT2D eigenvalue weighted by atomic mass is 9.95. The maximum Gasteiger partial charge on any atom is 0.157 e. The second-order valence-corrected chi connectivity index (χ2v) is 6.40. The summed E-state index contributed by atoms with van der Waals surface area (Å²) in [6.45, 7) is -0.238. The van der Waals surface area contributed by atoms with E-state index in [0.29, 0.717) is 0 Å². The lowest BCUT2D eigenvalue weighted by molar-refractivity contribution is -0.107. The zero-order valence-electron chi connectivity index (χ0n) is 13.7. The van der Waals surface area contributed by atoms with Crippen LogP contribution in [-0.4, -0.2) is 40.4 Å². The van der Waals surface area contributed by atoms with Crippen LogP contribution in [0.2, 0.25) is 0 Å². The van der Waals surface area contributed by atoms with Crippen molar-refractivity contribution in [1.29, 1.82) is 0 Å². The number of aliphatic hydroxyl groups excluding tert-OH is 3. The van der Waals surface area contributed by atoms with Gasteiger partial charge in [-0.3, -0.25) is 0 Å². The van der Waals surface area contributed by atoms with Crippen molar-refractivity contribution in [1.82, 2.24) is 0 Å². The predicted octanol–water partition coefficient (Wildman–Crippen LogP) is 3.03. The van der Waals surface area contributed by atoms with Gasteiger partial charge in [0.25, 0.3) is 0 Å². The van der Waals surface area contributed by atoms with Gasteiger partial charge >= 0.3 is 0 Å². The molecule has 1 fully saturated rings. The Balaban J connectivity index is 0.000000150. The van der Waals surface area contributed by atoms with E-state index in [2.05, 4.69) is 65.4 Å². The molecule has 1 saturated heterocycles. The standard InChI is InChI=1S/C16H10.C5H10O4/c1-3-11-7-9-13-5-2-6-14-10-8-12(4-1)15(11)16(13)14;6-2-4-3(7)1-5(8)9-4/h1-10H;3-8H,1-2H2/t;3-,4+,5?/m.0/s1. The fourth-order valence-corrected chi connectivity index (χ4v) is 3.54. The van der Waals surface area contributed by atoms with Gasteiger partial charge in [-0.15, -0.1) is 0 Å². The molecule has 1 unspecified atom stereocenters. The molecular weight excluding hydrogens is 316 g/mol. The molecule has 4 nitrogen and oxygen atoms in total.